The summed E-state index contributed by atoms with van der Waals surface area (Å²) in [5, 5.41) is 3.77. The van der Waals surface area contributed by atoms with Crippen LogP contribution in [-0.2, 0) is 17.6 Å². The number of aryl methyl sites for hydroxylation is 2. The highest BCUT2D eigenvalue weighted by Crippen LogP contribution is 2.32. The van der Waals surface area contributed by atoms with E-state index in [1.54, 1.807) is 21.3 Å². The lowest BCUT2D eigenvalue weighted by molar-refractivity contribution is -0.121. The second-order valence-electron chi connectivity index (χ2n) is 10.0. The van der Waals surface area contributed by atoms with Gasteiger partial charge in [0.05, 0.1) is 32.7 Å². The van der Waals surface area contributed by atoms with E-state index < -0.39 is 0 Å². The van der Waals surface area contributed by atoms with Crippen molar-refractivity contribution in [2.75, 3.05) is 27.9 Å². The molecule has 0 fully saturated rings. The van der Waals surface area contributed by atoms with E-state index >= 15 is 0 Å². The molecular weight excluding hydrogens is 550 g/mol. The van der Waals surface area contributed by atoms with Crippen LogP contribution in [0.25, 0.3) is 28.0 Å². The summed E-state index contributed by atoms with van der Waals surface area (Å²) >= 11 is 6.21. The molecule has 3 aromatic carbocycles. The van der Waals surface area contributed by atoms with Crippen molar-refractivity contribution in [1.29, 1.82) is 0 Å². The van der Waals surface area contributed by atoms with Gasteiger partial charge in [0.15, 0.2) is 11.5 Å². The van der Waals surface area contributed by atoms with Gasteiger partial charge in [-0.05, 0) is 90.6 Å². The van der Waals surface area contributed by atoms with Gasteiger partial charge >= 0.3 is 0 Å². The van der Waals surface area contributed by atoms with E-state index in [-0.39, 0.29) is 5.91 Å². The minimum Gasteiger partial charge on any atom is -0.497 e. The third kappa shape index (κ3) is 6.37. The maximum absolute atomic E-state index is 13.0. The number of benzene rings is 3. The number of hydrogen-bond donors (Lipinski definition) is 1. The summed E-state index contributed by atoms with van der Waals surface area (Å²) in [4.78, 5) is 18.0. The van der Waals surface area contributed by atoms with Gasteiger partial charge in [0.1, 0.15) is 11.4 Å². The Kier molecular flexibility index (Phi) is 8.98. The van der Waals surface area contributed by atoms with E-state index in [4.69, 9.17) is 30.8 Å². The number of rotatable bonds is 11. The first-order valence-electron chi connectivity index (χ1n) is 13.8. The van der Waals surface area contributed by atoms with Crippen LogP contribution < -0.4 is 19.5 Å². The number of nitrogens with zero attached hydrogens (tertiary/aromatic N) is 2. The average molecular weight is 584 g/mol. The molecular formula is C34H34ClN3O4. The lowest BCUT2D eigenvalue weighted by Gasteiger charge is -2.11. The highest BCUT2D eigenvalue weighted by Gasteiger charge is 2.17. The number of amides is 1. The smallest absolute Gasteiger partial charge is 0.220 e. The summed E-state index contributed by atoms with van der Waals surface area (Å²) in [6, 6.07) is 23.6. The molecule has 0 radical (unpaired) electrons. The third-order valence-electron chi connectivity index (χ3n) is 7.33. The Morgan fingerprint density at radius 3 is 2.48 bits per heavy atom. The minimum absolute atomic E-state index is 0.0216. The predicted molar refractivity (Wildman–Crippen MR) is 167 cm³/mol. The minimum atomic E-state index is -0.0216. The Bertz CT molecular complexity index is 1730. The van der Waals surface area contributed by atoms with Crippen LogP contribution in [0, 0.1) is 6.92 Å². The highest BCUT2D eigenvalue weighted by molar-refractivity contribution is 6.30. The molecule has 0 aliphatic heterocycles. The van der Waals surface area contributed by atoms with E-state index in [1.165, 1.54) is 0 Å². The van der Waals surface area contributed by atoms with Crippen LogP contribution in [0.4, 0.5) is 0 Å². The molecule has 1 amide bonds. The number of ether oxygens (including phenoxy) is 3. The van der Waals surface area contributed by atoms with E-state index in [0.29, 0.717) is 42.3 Å². The number of methoxy groups -OCH3 is 3. The first kappa shape index (κ1) is 29.0. The predicted octanol–water partition coefficient (Wildman–Crippen LogP) is 6.95. The number of carbonyl (C=O) groups excluding carboxylic acids is 1. The molecule has 1 N–H and O–H groups in total. The number of halogens is 1. The SMILES string of the molecule is COc1cccc(-c2nc3ccc(-c4ccc(Cl)cc4C)cn3c2CCC(=O)NCCc2ccc(OC)c(OC)c2)c1. The van der Waals surface area contributed by atoms with Crippen molar-refractivity contribution in [1.82, 2.24) is 14.7 Å². The van der Waals surface area contributed by atoms with Crippen LogP contribution in [0.2, 0.25) is 5.02 Å². The van der Waals surface area contributed by atoms with Gasteiger partial charge in [-0.15, -0.1) is 0 Å². The summed E-state index contributed by atoms with van der Waals surface area (Å²) in [5.74, 6) is 2.08. The van der Waals surface area contributed by atoms with Crippen molar-refractivity contribution in [2.45, 2.75) is 26.2 Å². The van der Waals surface area contributed by atoms with Crippen LogP contribution in [0.15, 0.2) is 79.0 Å². The average Bonchev–Trinajstić information content (AvgIpc) is 3.37. The molecule has 0 saturated heterocycles. The van der Waals surface area contributed by atoms with Crippen LogP contribution in [0.3, 0.4) is 0 Å². The fourth-order valence-electron chi connectivity index (χ4n) is 5.15. The monoisotopic (exact) mass is 583 g/mol. The zero-order valence-corrected chi connectivity index (χ0v) is 25.0. The van der Waals surface area contributed by atoms with Crippen LogP contribution in [0.5, 0.6) is 17.2 Å². The molecule has 2 aromatic heterocycles. The van der Waals surface area contributed by atoms with Gasteiger partial charge in [-0.25, -0.2) is 4.98 Å². The first-order valence-corrected chi connectivity index (χ1v) is 14.2. The molecule has 0 unspecified atom stereocenters. The van der Waals surface area contributed by atoms with E-state index in [2.05, 4.69) is 22.0 Å². The first-order chi connectivity index (χ1) is 20.4. The van der Waals surface area contributed by atoms with Gasteiger partial charge in [-0.1, -0.05) is 35.9 Å². The molecule has 216 valence electrons. The molecule has 0 spiro atoms. The van der Waals surface area contributed by atoms with Crippen LogP contribution in [-0.4, -0.2) is 43.2 Å². The van der Waals surface area contributed by atoms with Crippen LogP contribution >= 0.6 is 11.6 Å². The second-order valence-corrected chi connectivity index (χ2v) is 10.5. The topological polar surface area (TPSA) is 74.1 Å². The summed E-state index contributed by atoms with van der Waals surface area (Å²) in [6.45, 7) is 2.57. The zero-order valence-electron chi connectivity index (χ0n) is 24.2. The largest absolute Gasteiger partial charge is 0.497 e. The molecule has 0 atom stereocenters. The van der Waals surface area contributed by atoms with Crippen molar-refractivity contribution < 1.29 is 19.0 Å². The maximum Gasteiger partial charge on any atom is 0.220 e. The Balaban J connectivity index is 1.38. The number of pyridine rings is 1. The normalized spacial score (nSPS) is 11.0. The van der Waals surface area contributed by atoms with Crippen molar-refractivity contribution >= 4 is 23.2 Å². The summed E-state index contributed by atoms with van der Waals surface area (Å²) in [7, 11) is 4.88. The maximum atomic E-state index is 13.0. The quantitative estimate of drug-likeness (QED) is 0.182. The molecule has 2 heterocycles. The molecule has 7 nitrogen and oxygen atoms in total. The number of hydrogen-bond acceptors (Lipinski definition) is 5. The third-order valence-corrected chi connectivity index (χ3v) is 7.57. The standard InChI is InChI=1S/C34H34ClN3O4/c1-22-18-26(35)10-11-28(22)25-9-14-32-37-34(24-6-5-7-27(20-24)40-2)29(38(32)21-25)12-15-33(39)36-17-16-23-8-13-30(41-3)31(19-23)42-4/h5-11,13-14,18-21H,12,15-17H2,1-4H3,(H,36,39). The molecule has 8 heteroatoms. The Hall–Kier alpha value is -4.49. The van der Waals surface area contributed by atoms with E-state index in [0.717, 1.165) is 50.6 Å². The summed E-state index contributed by atoms with van der Waals surface area (Å²) in [6.07, 6.45) is 3.60. The number of nitrogens with one attached hydrogen (secondary N) is 1. The van der Waals surface area contributed by atoms with Crippen molar-refractivity contribution in [3.63, 3.8) is 0 Å². The highest BCUT2D eigenvalue weighted by atomic mass is 35.5. The number of fused-ring (bicyclic) bond motifs is 1. The van der Waals surface area contributed by atoms with Gasteiger partial charge in [-0.3, -0.25) is 4.79 Å². The molecule has 0 aliphatic carbocycles. The van der Waals surface area contributed by atoms with E-state index in [9.17, 15) is 4.79 Å². The van der Waals surface area contributed by atoms with Crippen molar-refractivity contribution in [3.05, 3.63) is 101 Å². The Morgan fingerprint density at radius 1 is 0.881 bits per heavy atom. The number of aromatic nitrogens is 2. The summed E-state index contributed by atoms with van der Waals surface area (Å²) < 4.78 is 18.3. The Morgan fingerprint density at radius 2 is 1.71 bits per heavy atom. The lowest BCUT2D eigenvalue weighted by atomic mass is 10.0. The van der Waals surface area contributed by atoms with Gasteiger partial charge in [0.2, 0.25) is 5.91 Å². The molecule has 0 aliphatic rings. The fraction of sp³-hybridized carbons (Fsp3) is 0.235. The fourth-order valence-corrected chi connectivity index (χ4v) is 5.37. The molecule has 0 bridgehead atoms. The number of carbonyl (C=O) groups is 1. The van der Waals surface area contributed by atoms with Gasteiger partial charge in [0.25, 0.3) is 0 Å². The Labute approximate surface area is 251 Å². The molecule has 5 aromatic rings. The molecule has 42 heavy (non-hydrogen) atoms. The molecule has 5 rings (SSSR count). The second kappa shape index (κ2) is 13.0. The van der Waals surface area contributed by atoms with E-state index in [1.807, 2.05) is 73.7 Å². The molecule has 0 saturated carbocycles. The number of imidazole rings is 1. The van der Waals surface area contributed by atoms with Crippen molar-refractivity contribution in [2.24, 2.45) is 0 Å². The van der Waals surface area contributed by atoms with Gasteiger partial charge < -0.3 is 23.9 Å². The van der Waals surface area contributed by atoms with Crippen LogP contribution in [0.1, 0.15) is 23.2 Å². The van der Waals surface area contributed by atoms with Gasteiger partial charge in [-0.2, -0.15) is 0 Å². The summed E-state index contributed by atoms with van der Waals surface area (Å²) in [5.41, 5.74) is 7.83. The van der Waals surface area contributed by atoms with Gasteiger partial charge in [0, 0.05) is 29.7 Å². The lowest BCUT2D eigenvalue weighted by Crippen LogP contribution is -2.26. The van der Waals surface area contributed by atoms with Crippen molar-refractivity contribution in [3.8, 4) is 39.6 Å². The zero-order chi connectivity index (χ0) is 29.6.